The second kappa shape index (κ2) is 7.08. The number of benzene rings is 1. The summed E-state index contributed by atoms with van der Waals surface area (Å²) in [6.45, 7) is 0.627. The fourth-order valence-corrected chi connectivity index (χ4v) is 2.97. The number of aliphatic hydroxyl groups excluding tert-OH is 1. The van der Waals surface area contributed by atoms with Crippen LogP contribution in [-0.2, 0) is 11.3 Å². The Morgan fingerprint density at radius 1 is 1.50 bits per heavy atom. The normalized spacial score (nSPS) is 12.2. The van der Waals surface area contributed by atoms with Gasteiger partial charge in [0.25, 0.3) is 0 Å². The van der Waals surface area contributed by atoms with Gasteiger partial charge in [0.05, 0.1) is 16.1 Å². The Balaban J connectivity index is 2.61. The van der Waals surface area contributed by atoms with E-state index in [0.717, 1.165) is 20.3 Å². The number of nitrogens with one attached hydrogen (secondary N) is 1. The minimum Gasteiger partial charge on any atom is -0.494 e. The van der Waals surface area contributed by atoms with Gasteiger partial charge in [-0.2, -0.15) is 0 Å². The van der Waals surface area contributed by atoms with Crippen molar-refractivity contribution < 1.29 is 14.6 Å². The fraction of sp³-hybridized carbons (Fsp3) is 0.364. The van der Waals surface area contributed by atoms with Crippen molar-refractivity contribution in [1.82, 2.24) is 5.32 Å². The monoisotopic (exact) mass is 380 g/mol. The van der Waals surface area contributed by atoms with Gasteiger partial charge in [-0.05, 0) is 49.6 Å². The Morgan fingerprint density at radius 2 is 2.06 bits per heavy atom. The number of carbonyl (C=O) groups excluding carboxylic acids is 1. The van der Waals surface area contributed by atoms with Crippen LogP contribution in [0.1, 0.15) is 5.56 Å². The molecule has 1 atom stereocenters. The van der Waals surface area contributed by atoms with Crippen LogP contribution in [0.2, 0.25) is 0 Å². The fourth-order valence-electron chi connectivity index (χ4n) is 1.36. The van der Waals surface area contributed by atoms with E-state index in [2.05, 4.69) is 37.2 Å². The van der Waals surface area contributed by atoms with Crippen LogP contribution in [0.3, 0.4) is 0 Å². The average Bonchev–Trinajstić information content (AvgIpc) is 2.28. The highest BCUT2D eigenvalue weighted by molar-refractivity contribution is 9.11. The van der Waals surface area contributed by atoms with Gasteiger partial charge in [-0.3, -0.25) is 4.79 Å². The molecule has 18 heavy (non-hydrogen) atoms. The molecule has 0 aromatic heterocycles. The molecular weight excluding hydrogens is 368 g/mol. The van der Waals surface area contributed by atoms with E-state index in [9.17, 15) is 9.90 Å². The molecule has 0 aliphatic rings. The number of halogens is 2. The highest BCUT2D eigenvalue weighted by Gasteiger charge is 2.11. The summed E-state index contributed by atoms with van der Waals surface area (Å²) >= 11 is 6.79. The summed E-state index contributed by atoms with van der Waals surface area (Å²) in [6, 6.07) is 3.79. The minimum atomic E-state index is -1.17. The van der Waals surface area contributed by atoms with E-state index in [-0.39, 0.29) is 6.54 Å². The van der Waals surface area contributed by atoms with Gasteiger partial charge in [-0.25, -0.2) is 0 Å². The lowest BCUT2D eigenvalue weighted by Gasteiger charge is -2.11. The number of hydrogen-bond donors (Lipinski definition) is 3. The van der Waals surface area contributed by atoms with Crippen molar-refractivity contribution in [3.8, 4) is 5.75 Å². The molecule has 0 bridgehead atoms. The number of ether oxygens (including phenoxy) is 1. The molecule has 7 heteroatoms. The number of rotatable bonds is 6. The van der Waals surface area contributed by atoms with Gasteiger partial charge in [0.1, 0.15) is 11.9 Å². The van der Waals surface area contributed by atoms with E-state index in [4.69, 9.17) is 10.5 Å². The predicted molar refractivity (Wildman–Crippen MR) is 75.3 cm³/mol. The Labute approximate surface area is 122 Å². The lowest BCUT2D eigenvalue weighted by molar-refractivity contribution is -0.125. The zero-order valence-electron chi connectivity index (χ0n) is 9.74. The molecule has 100 valence electrons. The molecule has 0 fully saturated rings. The van der Waals surface area contributed by atoms with Crippen LogP contribution in [0.5, 0.6) is 5.75 Å². The first-order valence-electron chi connectivity index (χ1n) is 5.15. The maximum Gasteiger partial charge on any atom is 0.247 e. The smallest absolute Gasteiger partial charge is 0.247 e. The highest BCUT2D eigenvalue weighted by Crippen LogP contribution is 2.34. The van der Waals surface area contributed by atoms with Crippen LogP contribution in [0.4, 0.5) is 0 Å². The molecule has 1 unspecified atom stereocenters. The van der Waals surface area contributed by atoms with Crippen molar-refractivity contribution in [2.75, 3.05) is 13.7 Å². The van der Waals surface area contributed by atoms with Crippen molar-refractivity contribution in [2.24, 2.45) is 5.73 Å². The molecule has 4 N–H and O–H groups in total. The Bertz CT molecular complexity index is 417. The van der Waals surface area contributed by atoms with E-state index < -0.39 is 12.0 Å². The quantitative estimate of drug-likeness (QED) is 0.690. The third-order valence-electron chi connectivity index (χ3n) is 2.26. The van der Waals surface area contributed by atoms with Gasteiger partial charge in [0.2, 0.25) is 5.91 Å². The van der Waals surface area contributed by atoms with Gasteiger partial charge in [-0.15, -0.1) is 0 Å². The molecule has 0 aliphatic heterocycles. The molecule has 1 aromatic rings. The summed E-state index contributed by atoms with van der Waals surface area (Å²) in [6.07, 6.45) is -1.17. The molecule has 1 aromatic carbocycles. The molecule has 0 saturated carbocycles. The molecular formula is C11H14Br2N2O3. The van der Waals surface area contributed by atoms with Gasteiger partial charge >= 0.3 is 0 Å². The number of methoxy groups -OCH3 is 1. The van der Waals surface area contributed by atoms with E-state index in [1.54, 1.807) is 7.11 Å². The average molecular weight is 382 g/mol. The first-order chi connectivity index (χ1) is 8.45. The molecule has 1 amide bonds. The lowest BCUT2D eigenvalue weighted by Crippen LogP contribution is -2.37. The van der Waals surface area contributed by atoms with Crippen LogP contribution in [-0.4, -0.2) is 30.8 Å². The largest absolute Gasteiger partial charge is 0.494 e. The Kier molecular flexibility index (Phi) is 6.07. The number of hydrogen-bond acceptors (Lipinski definition) is 4. The van der Waals surface area contributed by atoms with E-state index in [0.29, 0.717) is 6.54 Å². The van der Waals surface area contributed by atoms with Gasteiger partial charge < -0.3 is 20.9 Å². The maximum absolute atomic E-state index is 10.6. The van der Waals surface area contributed by atoms with Crippen LogP contribution in [0, 0.1) is 0 Å². The van der Waals surface area contributed by atoms with Crippen molar-refractivity contribution in [1.29, 1.82) is 0 Å². The number of primary amides is 1. The molecule has 0 spiro atoms. The SMILES string of the molecule is COc1c(Br)cc(CNCC(O)C(N)=O)cc1Br. The van der Waals surface area contributed by atoms with Gasteiger partial charge in [0, 0.05) is 13.1 Å². The molecule has 0 heterocycles. The predicted octanol–water partition coefficient (Wildman–Crippen LogP) is 1.16. The second-order valence-electron chi connectivity index (χ2n) is 3.64. The van der Waals surface area contributed by atoms with E-state index in [1.807, 2.05) is 12.1 Å². The number of nitrogens with two attached hydrogens (primary N) is 1. The summed E-state index contributed by atoms with van der Waals surface area (Å²) in [5.74, 6) is -0.0180. The summed E-state index contributed by atoms with van der Waals surface area (Å²) in [4.78, 5) is 10.6. The third kappa shape index (κ3) is 4.24. The minimum absolute atomic E-state index is 0.122. The molecule has 1 rings (SSSR count). The number of aliphatic hydroxyl groups is 1. The topological polar surface area (TPSA) is 84.6 Å². The maximum atomic E-state index is 10.6. The number of carbonyl (C=O) groups is 1. The zero-order valence-corrected chi connectivity index (χ0v) is 12.9. The molecule has 0 radical (unpaired) electrons. The van der Waals surface area contributed by atoms with Crippen molar-refractivity contribution in [3.05, 3.63) is 26.6 Å². The second-order valence-corrected chi connectivity index (χ2v) is 5.35. The highest BCUT2D eigenvalue weighted by atomic mass is 79.9. The van der Waals surface area contributed by atoms with Gasteiger partial charge in [0.15, 0.2) is 0 Å². The Morgan fingerprint density at radius 3 is 2.50 bits per heavy atom. The Hall–Kier alpha value is -0.630. The number of amides is 1. The van der Waals surface area contributed by atoms with Crippen LogP contribution < -0.4 is 15.8 Å². The van der Waals surface area contributed by atoms with E-state index in [1.165, 1.54) is 0 Å². The first kappa shape index (κ1) is 15.4. The molecule has 0 aliphatic carbocycles. The third-order valence-corrected chi connectivity index (χ3v) is 3.44. The first-order valence-corrected chi connectivity index (χ1v) is 6.74. The standard InChI is InChI=1S/C11H14Br2N2O3/c1-18-10-7(12)2-6(3-8(10)13)4-15-5-9(16)11(14)17/h2-3,9,15-16H,4-5H2,1H3,(H2,14,17). The van der Waals surface area contributed by atoms with Crippen LogP contribution in [0.25, 0.3) is 0 Å². The molecule has 0 saturated heterocycles. The molecule has 5 nitrogen and oxygen atoms in total. The summed E-state index contributed by atoms with van der Waals surface area (Å²) in [5.41, 5.74) is 5.92. The van der Waals surface area contributed by atoms with E-state index >= 15 is 0 Å². The van der Waals surface area contributed by atoms with Crippen LogP contribution >= 0.6 is 31.9 Å². The van der Waals surface area contributed by atoms with Crippen molar-refractivity contribution in [3.63, 3.8) is 0 Å². The van der Waals surface area contributed by atoms with Crippen molar-refractivity contribution >= 4 is 37.8 Å². The van der Waals surface area contributed by atoms with Crippen molar-refractivity contribution in [2.45, 2.75) is 12.6 Å². The van der Waals surface area contributed by atoms with Gasteiger partial charge in [-0.1, -0.05) is 0 Å². The summed E-state index contributed by atoms with van der Waals surface area (Å²) in [5, 5.41) is 12.2. The summed E-state index contributed by atoms with van der Waals surface area (Å²) in [7, 11) is 1.59. The lowest BCUT2D eigenvalue weighted by atomic mass is 10.2. The van der Waals surface area contributed by atoms with Crippen LogP contribution in [0.15, 0.2) is 21.1 Å². The summed E-state index contributed by atoms with van der Waals surface area (Å²) < 4.78 is 6.84. The zero-order chi connectivity index (χ0) is 13.7.